The van der Waals surface area contributed by atoms with Crippen molar-refractivity contribution >= 4 is 23.3 Å². The van der Waals surface area contributed by atoms with Crippen LogP contribution in [-0.4, -0.2) is 29.9 Å². The summed E-state index contributed by atoms with van der Waals surface area (Å²) in [6.45, 7) is 5.49. The lowest BCUT2D eigenvalue weighted by molar-refractivity contribution is -0.118. The third-order valence-electron chi connectivity index (χ3n) is 4.21. The van der Waals surface area contributed by atoms with Gasteiger partial charge in [-0.15, -0.1) is 0 Å². The van der Waals surface area contributed by atoms with Crippen LogP contribution >= 0.6 is 11.6 Å². The second kappa shape index (κ2) is 8.31. The van der Waals surface area contributed by atoms with Crippen LogP contribution in [-0.2, 0) is 4.79 Å². The summed E-state index contributed by atoms with van der Waals surface area (Å²) in [5, 5.41) is 11.1. The lowest BCUT2D eigenvalue weighted by Gasteiger charge is -2.10. The molecule has 146 valence electrons. The molecular weight excluding hydrogens is 382 g/mol. The zero-order valence-corrected chi connectivity index (χ0v) is 16.8. The fraction of sp³-hybridized carbons (Fsp3) is 0.250. The van der Waals surface area contributed by atoms with Crippen molar-refractivity contribution in [2.24, 2.45) is 0 Å². The molecular formula is C20H20ClN3O4. The van der Waals surface area contributed by atoms with Crippen LogP contribution in [0.2, 0.25) is 5.02 Å². The van der Waals surface area contributed by atoms with Gasteiger partial charge in [0.2, 0.25) is 5.82 Å². The number of carbonyl (C=O) groups is 1. The molecule has 0 unspecified atom stereocenters. The Labute approximate surface area is 167 Å². The van der Waals surface area contributed by atoms with E-state index in [0.29, 0.717) is 16.5 Å². The fourth-order valence-electron chi connectivity index (χ4n) is 2.78. The highest BCUT2D eigenvalue weighted by molar-refractivity contribution is 6.32. The minimum absolute atomic E-state index is 0.186. The van der Waals surface area contributed by atoms with Gasteiger partial charge >= 0.3 is 0 Å². The van der Waals surface area contributed by atoms with Crippen LogP contribution in [0.15, 0.2) is 35.0 Å². The van der Waals surface area contributed by atoms with Gasteiger partial charge in [-0.05, 0) is 78.1 Å². The third kappa shape index (κ3) is 4.26. The molecule has 0 atom stereocenters. The number of nitrogens with one attached hydrogen (secondary N) is 1. The molecule has 3 aromatic rings. The van der Waals surface area contributed by atoms with Crippen molar-refractivity contribution in [3.8, 4) is 22.8 Å². The van der Waals surface area contributed by atoms with Crippen molar-refractivity contribution in [3.63, 3.8) is 0 Å². The Morgan fingerprint density at radius 3 is 2.39 bits per heavy atom. The molecule has 1 heterocycles. The molecule has 0 fully saturated rings. The topological polar surface area (TPSA) is 86.5 Å². The van der Waals surface area contributed by atoms with E-state index in [1.807, 2.05) is 32.9 Å². The zero-order chi connectivity index (χ0) is 20.3. The van der Waals surface area contributed by atoms with Crippen molar-refractivity contribution in [1.29, 1.82) is 0 Å². The van der Waals surface area contributed by atoms with Gasteiger partial charge in [0.15, 0.2) is 12.3 Å². The lowest BCUT2D eigenvalue weighted by atomic mass is 10.1. The maximum absolute atomic E-state index is 12.3. The minimum atomic E-state index is -0.381. The van der Waals surface area contributed by atoms with Crippen LogP contribution in [0.3, 0.4) is 0 Å². The number of methoxy groups -OCH3 is 1. The average molecular weight is 402 g/mol. The number of halogens is 1. The van der Waals surface area contributed by atoms with Crippen molar-refractivity contribution in [2.75, 3.05) is 19.0 Å². The Bertz CT molecular complexity index is 993. The Kier molecular flexibility index (Phi) is 5.84. The van der Waals surface area contributed by atoms with E-state index in [9.17, 15) is 4.79 Å². The smallest absolute Gasteiger partial charge is 0.263 e. The molecule has 3 rings (SSSR count). The third-order valence-corrected chi connectivity index (χ3v) is 4.81. The van der Waals surface area contributed by atoms with Crippen LogP contribution in [0.4, 0.5) is 5.82 Å². The van der Waals surface area contributed by atoms with E-state index in [1.165, 1.54) is 0 Å². The summed E-state index contributed by atoms with van der Waals surface area (Å²) in [5.74, 6) is 1.14. The Morgan fingerprint density at radius 1 is 1.07 bits per heavy atom. The molecule has 0 aliphatic rings. The number of hydrogen-bond acceptors (Lipinski definition) is 6. The highest BCUT2D eigenvalue weighted by Gasteiger charge is 2.17. The summed E-state index contributed by atoms with van der Waals surface area (Å²) < 4.78 is 15.6. The molecule has 0 radical (unpaired) electrons. The molecule has 7 nitrogen and oxygen atoms in total. The van der Waals surface area contributed by atoms with Gasteiger partial charge in [-0.2, -0.15) is 0 Å². The zero-order valence-electron chi connectivity index (χ0n) is 16.0. The van der Waals surface area contributed by atoms with Crippen LogP contribution in [0.5, 0.6) is 11.5 Å². The average Bonchev–Trinajstić information content (AvgIpc) is 3.11. The first-order valence-electron chi connectivity index (χ1n) is 8.56. The van der Waals surface area contributed by atoms with E-state index in [-0.39, 0.29) is 18.3 Å². The maximum Gasteiger partial charge on any atom is 0.263 e. The molecule has 0 aliphatic heterocycles. The first kappa shape index (κ1) is 19.7. The SMILES string of the molecule is COc1ccc(-c2nonc2NC(=O)COc2cc(C)c(Cl)c(C)c2)c(C)c1. The summed E-state index contributed by atoms with van der Waals surface area (Å²) in [6.07, 6.45) is 0. The predicted molar refractivity (Wildman–Crippen MR) is 106 cm³/mol. The summed E-state index contributed by atoms with van der Waals surface area (Å²) in [5.41, 5.74) is 3.90. The van der Waals surface area contributed by atoms with Crippen molar-refractivity contribution in [2.45, 2.75) is 20.8 Å². The number of ether oxygens (including phenoxy) is 2. The maximum atomic E-state index is 12.3. The number of aryl methyl sites for hydroxylation is 3. The van der Waals surface area contributed by atoms with Crippen molar-refractivity contribution in [1.82, 2.24) is 10.3 Å². The number of amides is 1. The van der Waals surface area contributed by atoms with E-state index < -0.39 is 0 Å². The van der Waals surface area contributed by atoms with E-state index in [4.69, 9.17) is 25.7 Å². The van der Waals surface area contributed by atoms with Crippen LogP contribution < -0.4 is 14.8 Å². The Hall–Kier alpha value is -3.06. The number of rotatable bonds is 6. The summed E-state index contributed by atoms with van der Waals surface area (Å²) >= 11 is 6.15. The van der Waals surface area contributed by atoms with Gasteiger partial charge in [0.05, 0.1) is 7.11 Å². The van der Waals surface area contributed by atoms with Gasteiger partial charge in [0.1, 0.15) is 11.5 Å². The van der Waals surface area contributed by atoms with E-state index in [0.717, 1.165) is 28.0 Å². The first-order valence-corrected chi connectivity index (χ1v) is 8.93. The number of anilines is 1. The van der Waals surface area contributed by atoms with Gasteiger partial charge in [-0.1, -0.05) is 11.6 Å². The number of carbonyl (C=O) groups excluding carboxylic acids is 1. The van der Waals surface area contributed by atoms with Gasteiger partial charge < -0.3 is 14.8 Å². The standard InChI is InChI=1S/C20H20ClN3O4/c1-11-7-14(26-4)5-6-16(11)19-20(24-28-23-19)22-17(25)10-27-15-8-12(2)18(21)13(3)9-15/h5-9H,10H2,1-4H3,(H,22,24,25). The second-order valence-corrected chi connectivity index (χ2v) is 6.73. The minimum Gasteiger partial charge on any atom is -0.497 e. The van der Waals surface area contributed by atoms with Gasteiger partial charge in [-0.25, -0.2) is 4.63 Å². The summed E-state index contributed by atoms with van der Waals surface area (Å²) in [7, 11) is 1.60. The molecule has 28 heavy (non-hydrogen) atoms. The molecule has 1 aromatic heterocycles. The largest absolute Gasteiger partial charge is 0.497 e. The quantitative estimate of drug-likeness (QED) is 0.661. The number of nitrogens with zero attached hydrogens (tertiary/aromatic N) is 2. The second-order valence-electron chi connectivity index (χ2n) is 6.35. The van der Waals surface area contributed by atoms with E-state index in [1.54, 1.807) is 25.3 Å². The highest BCUT2D eigenvalue weighted by atomic mass is 35.5. The van der Waals surface area contributed by atoms with Gasteiger partial charge in [0, 0.05) is 10.6 Å². The molecule has 1 amide bonds. The first-order chi connectivity index (χ1) is 13.4. The number of benzene rings is 2. The van der Waals surface area contributed by atoms with Gasteiger partial charge in [0.25, 0.3) is 5.91 Å². The number of hydrogen-bond donors (Lipinski definition) is 1. The molecule has 8 heteroatoms. The molecule has 0 saturated heterocycles. The Morgan fingerprint density at radius 2 is 1.75 bits per heavy atom. The normalized spacial score (nSPS) is 10.6. The predicted octanol–water partition coefficient (Wildman–Crippen LogP) is 4.34. The molecule has 0 saturated carbocycles. The van der Waals surface area contributed by atoms with Gasteiger partial charge in [-0.3, -0.25) is 4.79 Å². The molecule has 0 bridgehead atoms. The van der Waals surface area contributed by atoms with E-state index >= 15 is 0 Å². The van der Waals surface area contributed by atoms with E-state index in [2.05, 4.69) is 15.6 Å². The number of aromatic nitrogens is 2. The Balaban J connectivity index is 1.70. The van der Waals surface area contributed by atoms with Crippen LogP contribution in [0, 0.1) is 20.8 Å². The molecule has 0 spiro atoms. The summed E-state index contributed by atoms with van der Waals surface area (Å²) in [4.78, 5) is 12.3. The van der Waals surface area contributed by atoms with Crippen molar-refractivity contribution < 1.29 is 18.9 Å². The van der Waals surface area contributed by atoms with Crippen LogP contribution in [0.1, 0.15) is 16.7 Å². The van der Waals surface area contributed by atoms with Crippen LogP contribution in [0.25, 0.3) is 11.3 Å². The highest BCUT2D eigenvalue weighted by Crippen LogP contribution is 2.30. The molecule has 0 aliphatic carbocycles. The monoisotopic (exact) mass is 401 g/mol. The summed E-state index contributed by atoms with van der Waals surface area (Å²) in [6, 6.07) is 9.07. The molecule has 2 aromatic carbocycles. The molecule has 1 N–H and O–H groups in total. The van der Waals surface area contributed by atoms with Crippen molar-refractivity contribution in [3.05, 3.63) is 52.0 Å². The fourth-order valence-corrected chi connectivity index (χ4v) is 2.89. The lowest BCUT2D eigenvalue weighted by Crippen LogP contribution is -2.20.